The molecule has 3 rings (SSSR count). The number of carbonyl (C=O) groups is 2. The second-order valence-corrected chi connectivity index (χ2v) is 7.83. The van der Waals surface area contributed by atoms with Gasteiger partial charge in [-0.2, -0.15) is 13.2 Å². The molecule has 3 N–H and O–H groups in total. The molecule has 0 fully saturated rings. The topological polar surface area (TPSA) is 87.7 Å². The molecule has 10 heteroatoms. The number of rotatable bonds is 7. The van der Waals surface area contributed by atoms with Crippen molar-refractivity contribution in [1.82, 2.24) is 5.32 Å². The molecule has 30 heavy (non-hydrogen) atoms. The zero-order chi connectivity index (χ0) is 21.7. The van der Waals surface area contributed by atoms with Gasteiger partial charge in [-0.05, 0) is 36.4 Å². The Morgan fingerprint density at radius 1 is 1.20 bits per heavy atom. The number of amides is 2. The van der Waals surface area contributed by atoms with Crippen molar-refractivity contribution in [2.75, 3.05) is 18.5 Å². The monoisotopic (exact) mass is 440 g/mol. The lowest BCUT2D eigenvalue weighted by molar-refractivity contribution is -0.137. The molecule has 0 spiro atoms. The minimum Gasteiger partial charge on any atom is -0.491 e. The Balaban J connectivity index is 1.41. The van der Waals surface area contributed by atoms with Gasteiger partial charge in [0.25, 0.3) is 0 Å². The van der Waals surface area contributed by atoms with Crippen LogP contribution in [0.15, 0.2) is 53.4 Å². The normalized spacial score (nSPS) is 16.9. The Labute approximate surface area is 174 Å². The first-order chi connectivity index (χ1) is 14.2. The number of anilines is 1. The van der Waals surface area contributed by atoms with E-state index < -0.39 is 29.0 Å². The zero-order valence-corrected chi connectivity index (χ0v) is 16.4. The van der Waals surface area contributed by atoms with Crippen molar-refractivity contribution in [2.45, 2.75) is 28.8 Å². The molecule has 2 atom stereocenters. The van der Waals surface area contributed by atoms with Gasteiger partial charge in [0.15, 0.2) is 0 Å². The van der Waals surface area contributed by atoms with Crippen LogP contribution < -0.4 is 15.4 Å². The maximum atomic E-state index is 12.5. The molecule has 0 saturated carbocycles. The van der Waals surface area contributed by atoms with Gasteiger partial charge >= 0.3 is 6.18 Å². The Bertz CT molecular complexity index is 906. The van der Waals surface area contributed by atoms with E-state index in [4.69, 9.17) is 4.74 Å². The Morgan fingerprint density at radius 3 is 2.60 bits per heavy atom. The number of benzene rings is 2. The van der Waals surface area contributed by atoms with Gasteiger partial charge in [0, 0.05) is 17.9 Å². The number of alkyl halides is 3. The number of aliphatic hydroxyl groups excluding tert-OH is 1. The Kier molecular flexibility index (Phi) is 6.88. The van der Waals surface area contributed by atoms with Crippen molar-refractivity contribution in [3.05, 3.63) is 54.1 Å². The fourth-order valence-corrected chi connectivity index (χ4v) is 3.80. The van der Waals surface area contributed by atoms with E-state index in [1.54, 1.807) is 12.1 Å². The van der Waals surface area contributed by atoms with E-state index >= 15 is 0 Å². The second kappa shape index (κ2) is 9.40. The zero-order valence-electron chi connectivity index (χ0n) is 15.6. The fourth-order valence-electron chi connectivity index (χ4n) is 2.69. The smallest absolute Gasteiger partial charge is 0.416 e. The van der Waals surface area contributed by atoms with Gasteiger partial charge in [0.1, 0.15) is 18.5 Å². The summed E-state index contributed by atoms with van der Waals surface area (Å²) in [5.41, 5.74) is -0.0881. The first-order valence-electron chi connectivity index (χ1n) is 9.04. The molecule has 6 nitrogen and oxygen atoms in total. The van der Waals surface area contributed by atoms with Crippen molar-refractivity contribution in [1.29, 1.82) is 0 Å². The maximum Gasteiger partial charge on any atom is 0.416 e. The van der Waals surface area contributed by atoms with Gasteiger partial charge in [0.2, 0.25) is 11.8 Å². The molecular formula is C20H19F3N2O4S. The summed E-state index contributed by atoms with van der Waals surface area (Å²) in [6.45, 7) is -0.327. The van der Waals surface area contributed by atoms with Crippen LogP contribution >= 0.6 is 11.8 Å². The lowest BCUT2D eigenvalue weighted by Gasteiger charge is -2.23. The van der Waals surface area contributed by atoms with Crippen LogP contribution in [0.25, 0.3) is 0 Å². The minimum atomic E-state index is -4.43. The molecule has 2 unspecified atom stereocenters. The van der Waals surface area contributed by atoms with E-state index in [2.05, 4.69) is 10.6 Å². The third-order valence-electron chi connectivity index (χ3n) is 4.24. The molecule has 0 aromatic heterocycles. The first kappa shape index (κ1) is 22.0. The van der Waals surface area contributed by atoms with Gasteiger partial charge in [-0.1, -0.05) is 12.1 Å². The number of para-hydroxylation sites is 1. The molecule has 0 saturated heterocycles. The predicted molar refractivity (Wildman–Crippen MR) is 105 cm³/mol. The molecule has 1 aliphatic rings. The summed E-state index contributed by atoms with van der Waals surface area (Å²) in [6.07, 6.45) is -5.56. The minimum absolute atomic E-state index is 0.0582. The van der Waals surface area contributed by atoms with Gasteiger partial charge in [0.05, 0.1) is 16.5 Å². The molecule has 1 aliphatic heterocycles. The largest absolute Gasteiger partial charge is 0.491 e. The van der Waals surface area contributed by atoms with Gasteiger partial charge < -0.3 is 20.5 Å². The van der Waals surface area contributed by atoms with Gasteiger partial charge in [-0.3, -0.25) is 9.59 Å². The number of nitrogens with one attached hydrogen (secondary N) is 2. The molecule has 2 aromatic rings. The summed E-state index contributed by atoms with van der Waals surface area (Å²) in [5, 5.41) is 14.6. The van der Waals surface area contributed by atoms with E-state index in [0.29, 0.717) is 5.69 Å². The van der Waals surface area contributed by atoms with Crippen molar-refractivity contribution in [3.63, 3.8) is 0 Å². The molecular weight excluding hydrogens is 421 g/mol. The second-order valence-electron chi connectivity index (χ2n) is 6.59. The summed E-state index contributed by atoms with van der Waals surface area (Å²) in [7, 11) is 0. The molecule has 2 amide bonds. The highest BCUT2D eigenvalue weighted by atomic mass is 32.2. The number of ether oxygens (including phenoxy) is 1. The predicted octanol–water partition coefficient (Wildman–Crippen LogP) is 3.06. The average molecular weight is 440 g/mol. The quantitative estimate of drug-likeness (QED) is 0.616. The highest BCUT2D eigenvalue weighted by Crippen LogP contribution is 2.36. The van der Waals surface area contributed by atoms with Crippen LogP contribution in [0.2, 0.25) is 0 Å². The van der Waals surface area contributed by atoms with Crippen LogP contribution in [0.3, 0.4) is 0 Å². The number of thioether (sulfide) groups is 1. The van der Waals surface area contributed by atoms with Crippen LogP contribution in [-0.4, -0.2) is 41.4 Å². The molecule has 0 bridgehead atoms. The molecule has 1 heterocycles. The van der Waals surface area contributed by atoms with Crippen LogP contribution in [0, 0.1) is 0 Å². The molecule has 160 valence electrons. The van der Waals surface area contributed by atoms with Gasteiger partial charge in [-0.25, -0.2) is 0 Å². The van der Waals surface area contributed by atoms with Crippen LogP contribution in [0.5, 0.6) is 5.75 Å². The summed E-state index contributed by atoms with van der Waals surface area (Å²) in [4.78, 5) is 25.1. The van der Waals surface area contributed by atoms with E-state index in [1.807, 2.05) is 12.1 Å². The van der Waals surface area contributed by atoms with E-state index in [1.165, 1.54) is 11.8 Å². The summed E-state index contributed by atoms with van der Waals surface area (Å²) >= 11 is 1.30. The highest BCUT2D eigenvalue weighted by Gasteiger charge is 2.30. The van der Waals surface area contributed by atoms with Crippen molar-refractivity contribution < 1.29 is 32.6 Å². The van der Waals surface area contributed by atoms with E-state index in [9.17, 15) is 27.9 Å². The summed E-state index contributed by atoms with van der Waals surface area (Å²) in [5.74, 6) is -0.502. The average Bonchev–Trinajstić information content (AvgIpc) is 2.71. The van der Waals surface area contributed by atoms with Crippen molar-refractivity contribution in [2.24, 2.45) is 0 Å². The van der Waals surface area contributed by atoms with Gasteiger partial charge in [-0.15, -0.1) is 11.8 Å². The highest BCUT2D eigenvalue weighted by molar-refractivity contribution is 8.01. The molecule has 2 aromatic carbocycles. The summed E-state index contributed by atoms with van der Waals surface area (Å²) in [6, 6.07) is 11.4. The standard InChI is InChI=1S/C20H19F3N2O4S/c21-20(22,23)12-5-7-14(8-6-12)29-11-13(26)10-24-18(27)9-17-19(28)25-15-3-1-2-4-16(15)30-17/h1-8,13,17,26H,9-11H2,(H,24,27)(H,25,28). The SMILES string of the molecule is O=C(CC1Sc2ccccc2NC1=O)NCC(O)COc1ccc(C(F)(F)F)cc1. The Morgan fingerprint density at radius 2 is 1.90 bits per heavy atom. The summed E-state index contributed by atoms with van der Waals surface area (Å²) < 4.78 is 42.8. The number of aliphatic hydroxyl groups is 1. The lowest BCUT2D eigenvalue weighted by atomic mass is 10.2. The number of hydrogen-bond acceptors (Lipinski definition) is 5. The lowest BCUT2D eigenvalue weighted by Crippen LogP contribution is -2.39. The Hall–Kier alpha value is -2.72. The fraction of sp³-hybridized carbons (Fsp3) is 0.300. The van der Waals surface area contributed by atoms with Crippen LogP contribution in [0.4, 0.5) is 18.9 Å². The molecule has 0 radical (unpaired) electrons. The maximum absolute atomic E-state index is 12.5. The number of halogens is 3. The third-order valence-corrected chi connectivity index (χ3v) is 5.51. The van der Waals surface area contributed by atoms with Crippen LogP contribution in [-0.2, 0) is 15.8 Å². The van der Waals surface area contributed by atoms with Crippen molar-refractivity contribution in [3.8, 4) is 5.75 Å². The number of carbonyl (C=O) groups excluding carboxylic acids is 2. The van der Waals surface area contributed by atoms with E-state index in [0.717, 1.165) is 29.2 Å². The molecule has 0 aliphatic carbocycles. The van der Waals surface area contributed by atoms with E-state index in [-0.39, 0.29) is 31.2 Å². The van der Waals surface area contributed by atoms with Crippen LogP contribution in [0.1, 0.15) is 12.0 Å². The number of hydrogen-bond donors (Lipinski definition) is 3. The van der Waals surface area contributed by atoms with Crippen molar-refractivity contribution >= 4 is 29.3 Å². The number of fused-ring (bicyclic) bond motifs is 1. The third kappa shape index (κ3) is 5.90. The first-order valence-corrected chi connectivity index (χ1v) is 9.91.